The third kappa shape index (κ3) is 2.75. The number of fused-ring (bicyclic) bond motifs is 1. The van der Waals surface area contributed by atoms with Crippen LogP contribution in [0.5, 0.6) is 5.75 Å². The number of imidazole rings is 1. The summed E-state index contributed by atoms with van der Waals surface area (Å²) in [5.41, 5.74) is 2.33. The van der Waals surface area contributed by atoms with Crippen LogP contribution in [0.2, 0.25) is 0 Å². The van der Waals surface area contributed by atoms with Gasteiger partial charge in [-0.2, -0.15) is 0 Å². The van der Waals surface area contributed by atoms with Crippen LogP contribution in [0.4, 0.5) is 4.39 Å². The molecule has 0 aliphatic heterocycles. The Morgan fingerprint density at radius 2 is 2.15 bits per heavy atom. The first kappa shape index (κ1) is 12.9. The lowest BCUT2D eigenvalue weighted by Crippen LogP contribution is -1.97. The van der Waals surface area contributed by atoms with Crippen LogP contribution in [-0.4, -0.2) is 9.38 Å². The summed E-state index contributed by atoms with van der Waals surface area (Å²) in [7, 11) is 0. The van der Waals surface area contributed by atoms with Crippen LogP contribution in [0.15, 0.2) is 48.8 Å². The number of hydrogen-bond donors (Lipinski definition) is 0. The number of aromatic nitrogens is 2. The first-order valence-corrected chi connectivity index (χ1v) is 6.69. The SMILES string of the molecule is Fc1cc(CCl)cc(OCc2cn3ccccc3n2)c1. The van der Waals surface area contributed by atoms with Crippen LogP contribution in [0.3, 0.4) is 0 Å². The number of hydrogen-bond acceptors (Lipinski definition) is 2. The molecule has 3 aromatic rings. The van der Waals surface area contributed by atoms with Crippen molar-refractivity contribution in [3.05, 3.63) is 65.9 Å². The molecule has 0 fully saturated rings. The van der Waals surface area contributed by atoms with Gasteiger partial charge < -0.3 is 9.14 Å². The molecule has 0 aliphatic rings. The minimum absolute atomic E-state index is 0.252. The van der Waals surface area contributed by atoms with Crippen molar-refractivity contribution in [2.75, 3.05) is 0 Å². The second-order valence-corrected chi connectivity index (χ2v) is 4.68. The van der Waals surface area contributed by atoms with Crippen molar-refractivity contribution in [3.8, 4) is 5.75 Å². The lowest BCUT2D eigenvalue weighted by molar-refractivity contribution is 0.300. The first-order valence-electron chi connectivity index (χ1n) is 6.15. The summed E-state index contributed by atoms with van der Waals surface area (Å²) in [6, 6.07) is 10.2. The van der Waals surface area contributed by atoms with Crippen molar-refractivity contribution in [2.45, 2.75) is 12.5 Å². The highest BCUT2D eigenvalue weighted by atomic mass is 35.5. The summed E-state index contributed by atoms with van der Waals surface area (Å²) in [6.45, 7) is 0.285. The Labute approximate surface area is 120 Å². The number of halogens is 2. The van der Waals surface area contributed by atoms with E-state index in [4.69, 9.17) is 16.3 Å². The Bertz CT molecular complexity index is 709. The Kier molecular flexibility index (Phi) is 3.56. The van der Waals surface area contributed by atoms with E-state index < -0.39 is 0 Å². The van der Waals surface area contributed by atoms with E-state index in [-0.39, 0.29) is 18.3 Å². The van der Waals surface area contributed by atoms with Crippen molar-refractivity contribution in [1.29, 1.82) is 0 Å². The summed E-state index contributed by atoms with van der Waals surface area (Å²) < 4.78 is 20.8. The molecule has 2 heterocycles. The number of pyridine rings is 1. The van der Waals surface area contributed by atoms with E-state index in [0.29, 0.717) is 11.3 Å². The fraction of sp³-hybridized carbons (Fsp3) is 0.133. The maximum Gasteiger partial charge on any atom is 0.137 e. The number of nitrogens with zero attached hydrogens (tertiary/aromatic N) is 2. The third-order valence-electron chi connectivity index (χ3n) is 2.89. The maximum absolute atomic E-state index is 13.3. The summed E-state index contributed by atoms with van der Waals surface area (Å²) >= 11 is 5.70. The normalized spacial score (nSPS) is 10.9. The highest BCUT2D eigenvalue weighted by Gasteiger charge is 2.04. The van der Waals surface area contributed by atoms with Gasteiger partial charge in [0.2, 0.25) is 0 Å². The van der Waals surface area contributed by atoms with Crippen molar-refractivity contribution in [3.63, 3.8) is 0 Å². The van der Waals surface area contributed by atoms with E-state index >= 15 is 0 Å². The lowest BCUT2D eigenvalue weighted by atomic mass is 10.2. The fourth-order valence-corrected chi connectivity index (χ4v) is 2.15. The van der Waals surface area contributed by atoms with Gasteiger partial charge in [-0.25, -0.2) is 9.37 Å². The van der Waals surface area contributed by atoms with Gasteiger partial charge in [0.15, 0.2) is 0 Å². The van der Waals surface area contributed by atoms with Crippen LogP contribution < -0.4 is 4.74 Å². The average Bonchev–Trinajstić information content (AvgIpc) is 2.87. The number of ether oxygens (including phenoxy) is 1. The number of rotatable bonds is 4. The monoisotopic (exact) mass is 290 g/mol. The van der Waals surface area contributed by atoms with E-state index in [0.717, 1.165) is 11.3 Å². The van der Waals surface area contributed by atoms with Crippen LogP contribution >= 0.6 is 11.6 Å². The zero-order valence-electron chi connectivity index (χ0n) is 10.6. The van der Waals surface area contributed by atoms with Gasteiger partial charge in [-0.15, -0.1) is 11.6 Å². The van der Waals surface area contributed by atoms with E-state index in [1.54, 1.807) is 6.07 Å². The molecule has 0 radical (unpaired) electrons. The molecule has 3 rings (SSSR count). The molecule has 0 bridgehead atoms. The predicted molar refractivity (Wildman–Crippen MR) is 75.5 cm³/mol. The average molecular weight is 291 g/mol. The molecule has 0 unspecified atom stereocenters. The van der Waals surface area contributed by atoms with Crippen molar-refractivity contribution >= 4 is 17.2 Å². The van der Waals surface area contributed by atoms with Gasteiger partial charge in [0, 0.05) is 24.3 Å². The highest BCUT2D eigenvalue weighted by molar-refractivity contribution is 6.17. The predicted octanol–water partition coefficient (Wildman–Crippen LogP) is 3.79. The topological polar surface area (TPSA) is 26.5 Å². The van der Waals surface area contributed by atoms with E-state index in [1.807, 2.05) is 35.0 Å². The quantitative estimate of drug-likeness (QED) is 0.683. The van der Waals surface area contributed by atoms with Crippen molar-refractivity contribution < 1.29 is 9.13 Å². The molecule has 5 heteroatoms. The smallest absolute Gasteiger partial charge is 0.137 e. The molecule has 3 nitrogen and oxygen atoms in total. The van der Waals surface area contributed by atoms with Crippen LogP contribution in [0, 0.1) is 5.82 Å². The second-order valence-electron chi connectivity index (χ2n) is 4.42. The number of benzene rings is 1. The molecule has 0 N–H and O–H groups in total. The van der Waals surface area contributed by atoms with E-state index in [2.05, 4.69) is 4.98 Å². The zero-order chi connectivity index (χ0) is 13.9. The third-order valence-corrected chi connectivity index (χ3v) is 3.19. The fourth-order valence-electron chi connectivity index (χ4n) is 2.00. The van der Waals surface area contributed by atoms with Crippen LogP contribution in [0.1, 0.15) is 11.3 Å². The largest absolute Gasteiger partial charge is 0.487 e. The molecule has 0 amide bonds. The van der Waals surface area contributed by atoms with Crippen LogP contribution in [0.25, 0.3) is 5.65 Å². The van der Waals surface area contributed by atoms with Gasteiger partial charge in [0.25, 0.3) is 0 Å². The molecule has 2 aromatic heterocycles. The van der Waals surface area contributed by atoms with Crippen LogP contribution in [-0.2, 0) is 12.5 Å². The van der Waals surface area contributed by atoms with Gasteiger partial charge in [0.05, 0.1) is 5.69 Å². The van der Waals surface area contributed by atoms with E-state index in [9.17, 15) is 4.39 Å². The Morgan fingerprint density at radius 3 is 2.95 bits per heavy atom. The molecule has 0 aliphatic carbocycles. The lowest BCUT2D eigenvalue weighted by Gasteiger charge is -2.06. The molecule has 0 atom stereocenters. The van der Waals surface area contributed by atoms with Crippen molar-refractivity contribution in [2.24, 2.45) is 0 Å². The summed E-state index contributed by atoms with van der Waals surface area (Å²) in [6.07, 6.45) is 3.80. The van der Waals surface area contributed by atoms with Gasteiger partial charge in [-0.1, -0.05) is 6.07 Å². The summed E-state index contributed by atoms with van der Waals surface area (Å²) in [5.74, 6) is 0.355. The standard InChI is InChI=1S/C15H12ClFN2O/c16-8-11-5-12(17)7-14(6-11)20-10-13-9-19-4-2-1-3-15(19)18-13/h1-7,9H,8,10H2. The Hall–Kier alpha value is -2.07. The molecular weight excluding hydrogens is 279 g/mol. The minimum Gasteiger partial charge on any atom is -0.487 e. The molecule has 1 aromatic carbocycles. The maximum atomic E-state index is 13.3. The minimum atomic E-state index is -0.354. The van der Waals surface area contributed by atoms with Crippen molar-refractivity contribution in [1.82, 2.24) is 9.38 Å². The Morgan fingerprint density at radius 1 is 1.25 bits per heavy atom. The zero-order valence-corrected chi connectivity index (χ0v) is 11.3. The molecule has 20 heavy (non-hydrogen) atoms. The van der Waals surface area contributed by atoms with E-state index in [1.165, 1.54) is 12.1 Å². The van der Waals surface area contributed by atoms with Gasteiger partial charge in [-0.05, 0) is 29.8 Å². The van der Waals surface area contributed by atoms with Gasteiger partial charge in [0.1, 0.15) is 23.8 Å². The highest BCUT2D eigenvalue weighted by Crippen LogP contribution is 2.19. The molecule has 0 spiro atoms. The van der Waals surface area contributed by atoms with Gasteiger partial charge >= 0.3 is 0 Å². The molecule has 0 saturated carbocycles. The van der Waals surface area contributed by atoms with Gasteiger partial charge in [-0.3, -0.25) is 0 Å². The molecular formula is C15H12ClFN2O. The molecule has 102 valence electrons. The summed E-state index contributed by atoms with van der Waals surface area (Å²) in [5, 5.41) is 0. The second kappa shape index (κ2) is 5.51. The molecule has 0 saturated heterocycles. The number of alkyl halides is 1. The Balaban J connectivity index is 1.77. The summed E-state index contributed by atoms with van der Waals surface area (Å²) in [4.78, 5) is 4.41. The first-order chi connectivity index (χ1) is 9.74.